The van der Waals surface area contributed by atoms with Gasteiger partial charge in [0, 0.05) is 38.6 Å². The van der Waals surface area contributed by atoms with Crippen molar-refractivity contribution in [3.8, 4) is 0 Å². The van der Waals surface area contributed by atoms with E-state index in [1.807, 2.05) is 42.5 Å². The monoisotopic (exact) mass is 368 g/mol. The van der Waals surface area contributed by atoms with Crippen LogP contribution in [0.1, 0.15) is 17.2 Å². The summed E-state index contributed by atoms with van der Waals surface area (Å²) in [6.45, 7) is 3.52. The van der Waals surface area contributed by atoms with Crippen LogP contribution in [0.25, 0.3) is 0 Å². The quantitative estimate of drug-likeness (QED) is 0.740. The van der Waals surface area contributed by atoms with Crippen LogP contribution in [0, 0.1) is 0 Å². The number of hydrogen-bond donors (Lipinski definition) is 2. The summed E-state index contributed by atoms with van der Waals surface area (Å²) in [4.78, 5) is 30.7. The molecule has 27 heavy (non-hydrogen) atoms. The summed E-state index contributed by atoms with van der Waals surface area (Å²) >= 11 is 0. The second-order valence-corrected chi connectivity index (χ2v) is 6.33. The lowest BCUT2D eigenvalue weighted by Crippen LogP contribution is -2.46. The van der Waals surface area contributed by atoms with Gasteiger partial charge >= 0.3 is 11.8 Å². The molecule has 0 aliphatic carbocycles. The van der Waals surface area contributed by atoms with Gasteiger partial charge in [0.25, 0.3) is 0 Å². The van der Waals surface area contributed by atoms with E-state index in [2.05, 4.69) is 20.5 Å². The maximum absolute atomic E-state index is 12.2. The van der Waals surface area contributed by atoms with Crippen LogP contribution >= 0.6 is 0 Å². The van der Waals surface area contributed by atoms with Crippen LogP contribution in [0.2, 0.25) is 0 Å². The molecule has 3 rings (SSSR count). The summed E-state index contributed by atoms with van der Waals surface area (Å²) in [5.74, 6) is -1.26. The lowest BCUT2D eigenvalue weighted by Gasteiger charge is -2.34. The van der Waals surface area contributed by atoms with E-state index in [0.717, 1.165) is 24.2 Å². The summed E-state index contributed by atoms with van der Waals surface area (Å²) in [7, 11) is 0. The second kappa shape index (κ2) is 9.80. The van der Waals surface area contributed by atoms with Gasteiger partial charge in [-0.3, -0.25) is 19.5 Å². The van der Waals surface area contributed by atoms with Crippen LogP contribution in [0.15, 0.2) is 54.9 Å². The summed E-state index contributed by atoms with van der Waals surface area (Å²) in [6, 6.07) is 13.3. The van der Waals surface area contributed by atoms with E-state index in [1.165, 1.54) is 0 Å². The van der Waals surface area contributed by atoms with Crippen LogP contribution in [-0.2, 0) is 20.9 Å². The highest BCUT2D eigenvalue weighted by Gasteiger charge is 2.24. The summed E-state index contributed by atoms with van der Waals surface area (Å²) < 4.78 is 5.41. The number of carbonyl (C=O) groups excluding carboxylic acids is 2. The zero-order chi connectivity index (χ0) is 18.9. The van der Waals surface area contributed by atoms with Crippen molar-refractivity contribution in [3.05, 3.63) is 66.0 Å². The third-order valence-corrected chi connectivity index (χ3v) is 4.51. The van der Waals surface area contributed by atoms with Gasteiger partial charge in [-0.1, -0.05) is 36.4 Å². The summed E-state index contributed by atoms with van der Waals surface area (Å²) in [5.41, 5.74) is 1.95. The smallest absolute Gasteiger partial charge is 0.309 e. The lowest BCUT2D eigenvalue weighted by atomic mass is 10.1. The van der Waals surface area contributed by atoms with E-state index in [4.69, 9.17) is 4.74 Å². The lowest BCUT2D eigenvalue weighted by molar-refractivity contribution is -0.139. The van der Waals surface area contributed by atoms with Gasteiger partial charge in [0.2, 0.25) is 0 Å². The third kappa shape index (κ3) is 5.60. The van der Waals surface area contributed by atoms with E-state index >= 15 is 0 Å². The van der Waals surface area contributed by atoms with Gasteiger partial charge in [-0.2, -0.15) is 0 Å². The second-order valence-electron chi connectivity index (χ2n) is 6.33. The van der Waals surface area contributed by atoms with Gasteiger partial charge in [-0.15, -0.1) is 0 Å². The molecular formula is C20H24N4O3. The zero-order valence-corrected chi connectivity index (χ0v) is 15.1. The molecule has 2 amide bonds. The average Bonchev–Trinajstić information content (AvgIpc) is 2.74. The highest BCUT2D eigenvalue weighted by Crippen LogP contribution is 2.20. The van der Waals surface area contributed by atoms with Crippen LogP contribution in [-0.4, -0.2) is 54.5 Å². The Hall–Kier alpha value is -2.77. The molecule has 1 aliphatic rings. The Bertz CT molecular complexity index is 733. The Morgan fingerprint density at radius 1 is 1.04 bits per heavy atom. The fourth-order valence-electron chi connectivity index (χ4n) is 3.05. The Morgan fingerprint density at radius 3 is 2.48 bits per heavy atom. The number of benzene rings is 1. The molecule has 1 aliphatic heterocycles. The topological polar surface area (TPSA) is 83.6 Å². The van der Waals surface area contributed by atoms with Gasteiger partial charge in [0.05, 0.1) is 19.3 Å². The van der Waals surface area contributed by atoms with Crippen molar-refractivity contribution in [2.45, 2.75) is 12.6 Å². The molecule has 0 spiro atoms. The predicted molar refractivity (Wildman–Crippen MR) is 101 cm³/mol. The first-order chi connectivity index (χ1) is 13.2. The molecule has 2 heterocycles. The minimum absolute atomic E-state index is 0.0477. The number of amides is 2. The first-order valence-corrected chi connectivity index (χ1v) is 9.05. The number of morpholine rings is 1. The molecule has 7 nitrogen and oxygen atoms in total. The predicted octanol–water partition coefficient (Wildman–Crippen LogP) is 0.887. The fourth-order valence-corrected chi connectivity index (χ4v) is 3.05. The minimum Gasteiger partial charge on any atom is -0.379 e. The van der Waals surface area contributed by atoms with E-state index in [-0.39, 0.29) is 6.04 Å². The normalized spacial score (nSPS) is 15.7. The standard InChI is InChI=1S/C20H24N4O3/c25-19(22-13-16-5-2-1-3-6-16)20(26)23-15-18(17-7-4-8-21-14-17)24-9-11-27-12-10-24/h1-8,14,18H,9-13,15H2,(H,22,25)(H,23,26). The van der Waals surface area contributed by atoms with Gasteiger partial charge in [-0.25, -0.2) is 0 Å². The molecular weight excluding hydrogens is 344 g/mol. The van der Waals surface area contributed by atoms with E-state index in [1.54, 1.807) is 12.4 Å². The molecule has 1 atom stereocenters. The Morgan fingerprint density at radius 2 is 1.78 bits per heavy atom. The van der Waals surface area contributed by atoms with Crippen molar-refractivity contribution in [2.75, 3.05) is 32.8 Å². The molecule has 1 fully saturated rings. The molecule has 1 unspecified atom stereocenters. The summed E-state index contributed by atoms with van der Waals surface area (Å²) in [5, 5.41) is 5.40. The average molecular weight is 368 g/mol. The van der Waals surface area contributed by atoms with Crippen LogP contribution < -0.4 is 10.6 Å². The number of rotatable bonds is 6. The van der Waals surface area contributed by atoms with Gasteiger partial charge in [0.1, 0.15) is 0 Å². The van der Waals surface area contributed by atoms with Crippen LogP contribution in [0.3, 0.4) is 0 Å². The van der Waals surface area contributed by atoms with Crippen LogP contribution in [0.4, 0.5) is 0 Å². The Labute approximate surface area is 158 Å². The van der Waals surface area contributed by atoms with Crippen molar-refractivity contribution in [2.24, 2.45) is 0 Å². The Kier molecular flexibility index (Phi) is 6.90. The largest absolute Gasteiger partial charge is 0.379 e. The number of pyridine rings is 1. The number of ether oxygens (including phenoxy) is 1. The number of nitrogens with one attached hydrogen (secondary N) is 2. The number of aromatic nitrogens is 1. The molecule has 2 N–H and O–H groups in total. The first kappa shape index (κ1) is 19.0. The van der Waals surface area contributed by atoms with Crippen molar-refractivity contribution in [3.63, 3.8) is 0 Å². The van der Waals surface area contributed by atoms with E-state index < -0.39 is 11.8 Å². The highest BCUT2D eigenvalue weighted by atomic mass is 16.5. The SMILES string of the molecule is O=C(NCc1ccccc1)C(=O)NCC(c1cccnc1)N1CCOCC1. The van der Waals surface area contributed by atoms with Crippen molar-refractivity contribution >= 4 is 11.8 Å². The van der Waals surface area contributed by atoms with Crippen molar-refractivity contribution in [1.82, 2.24) is 20.5 Å². The van der Waals surface area contributed by atoms with E-state index in [9.17, 15) is 9.59 Å². The molecule has 2 aromatic rings. The van der Waals surface area contributed by atoms with Gasteiger partial charge in [-0.05, 0) is 17.2 Å². The van der Waals surface area contributed by atoms with E-state index in [0.29, 0.717) is 26.3 Å². The molecule has 1 aromatic carbocycles. The molecule has 1 saturated heterocycles. The third-order valence-electron chi connectivity index (χ3n) is 4.51. The number of hydrogen-bond acceptors (Lipinski definition) is 5. The molecule has 142 valence electrons. The van der Waals surface area contributed by atoms with Gasteiger partial charge < -0.3 is 15.4 Å². The minimum atomic E-state index is -0.634. The summed E-state index contributed by atoms with van der Waals surface area (Å²) in [6.07, 6.45) is 3.51. The molecule has 7 heteroatoms. The number of nitrogens with zero attached hydrogens (tertiary/aromatic N) is 2. The zero-order valence-electron chi connectivity index (χ0n) is 15.1. The molecule has 0 bridgehead atoms. The van der Waals surface area contributed by atoms with Gasteiger partial charge in [0.15, 0.2) is 0 Å². The van der Waals surface area contributed by atoms with Crippen molar-refractivity contribution < 1.29 is 14.3 Å². The Balaban J connectivity index is 1.55. The molecule has 0 saturated carbocycles. The van der Waals surface area contributed by atoms with Crippen LogP contribution in [0.5, 0.6) is 0 Å². The fraction of sp³-hybridized carbons (Fsp3) is 0.350. The maximum Gasteiger partial charge on any atom is 0.309 e. The number of carbonyl (C=O) groups is 2. The maximum atomic E-state index is 12.2. The van der Waals surface area contributed by atoms with Crippen molar-refractivity contribution in [1.29, 1.82) is 0 Å². The molecule has 0 radical (unpaired) electrons. The highest BCUT2D eigenvalue weighted by molar-refractivity contribution is 6.35. The first-order valence-electron chi connectivity index (χ1n) is 9.05. The molecule has 1 aromatic heterocycles.